The number of likely N-dealkylation sites (tertiary alicyclic amines) is 1. The van der Waals surface area contributed by atoms with Gasteiger partial charge in [-0.3, -0.25) is 9.69 Å². The summed E-state index contributed by atoms with van der Waals surface area (Å²) in [6.45, 7) is 3.89. The van der Waals surface area contributed by atoms with Crippen LogP contribution in [0.1, 0.15) is 34.3 Å². The molecule has 0 unspecified atom stereocenters. The summed E-state index contributed by atoms with van der Waals surface area (Å²) in [6.07, 6.45) is 1.52. The second kappa shape index (κ2) is 10.1. The van der Waals surface area contributed by atoms with Crippen LogP contribution in [0.2, 0.25) is 0 Å². The van der Waals surface area contributed by atoms with E-state index in [-0.39, 0.29) is 11.9 Å². The molecule has 0 spiro atoms. The van der Waals surface area contributed by atoms with Crippen LogP contribution in [0.15, 0.2) is 66.7 Å². The highest BCUT2D eigenvalue weighted by Crippen LogP contribution is 2.28. The second-order valence-electron chi connectivity index (χ2n) is 8.48. The number of methoxy groups -OCH3 is 1. The molecule has 0 bridgehead atoms. The van der Waals surface area contributed by atoms with Crippen molar-refractivity contribution in [2.24, 2.45) is 0 Å². The molecule has 0 atom stereocenters. The number of rotatable bonds is 6. The maximum Gasteiger partial charge on any atom is 0.258 e. The van der Waals surface area contributed by atoms with E-state index >= 15 is 0 Å². The number of halogens is 2. The summed E-state index contributed by atoms with van der Waals surface area (Å²) >= 11 is 0. The Labute approximate surface area is 193 Å². The molecule has 0 aromatic heterocycles. The van der Waals surface area contributed by atoms with Gasteiger partial charge in [0.2, 0.25) is 0 Å². The van der Waals surface area contributed by atoms with E-state index in [2.05, 4.69) is 4.90 Å². The molecule has 172 valence electrons. The van der Waals surface area contributed by atoms with Gasteiger partial charge in [0.05, 0.1) is 7.11 Å². The number of aryl methyl sites for hydroxylation is 1. The van der Waals surface area contributed by atoms with Gasteiger partial charge in [0.15, 0.2) is 0 Å². The van der Waals surface area contributed by atoms with Gasteiger partial charge in [0, 0.05) is 48.6 Å². The van der Waals surface area contributed by atoms with Crippen LogP contribution in [0.5, 0.6) is 5.75 Å². The zero-order valence-corrected chi connectivity index (χ0v) is 18.9. The van der Waals surface area contributed by atoms with Crippen molar-refractivity contribution in [3.8, 4) is 5.75 Å². The molecule has 1 fully saturated rings. The predicted molar refractivity (Wildman–Crippen MR) is 126 cm³/mol. The molecule has 1 aliphatic heterocycles. The highest BCUT2D eigenvalue weighted by atomic mass is 19.1. The molecular weight excluding hydrogens is 422 g/mol. The van der Waals surface area contributed by atoms with Crippen molar-refractivity contribution in [1.29, 1.82) is 0 Å². The number of carbonyl (C=O) groups is 1. The van der Waals surface area contributed by atoms with Crippen LogP contribution in [0.4, 0.5) is 14.5 Å². The number of hydrogen-bond acceptors (Lipinski definition) is 3. The lowest BCUT2D eigenvalue weighted by molar-refractivity contribution is 0.0958. The van der Waals surface area contributed by atoms with E-state index in [1.165, 1.54) is 12.1 Å². The summed E-state index contributed by atoms with van der Waals surface area (Å²) in [5.74, 6) is -0.437. The van der Waals surface area contributed by atoms with Crippen molar-refractivity contribution in [3.63, 3.8) is 0 Å². The molecule has 33 heavy (non-hydrogen) atoms. The Morgan fingerprint density at radius 3 is 2.27 bits per heavy atom. The second-order valence-corrected chi connectivity index (χ2v) is 8.48. The highest BCUT2D eigenvalue weighted by molar-refractivity contribution is 6.06. The average Bonchev–Trinajstić information content (AvgIpc) is 2.83. The number of hydrogen-bond donors (Lipinski definition) is 0. The normalized spacial score (nSPS) is 14.8. The van der Waals surface area contributed by atoms with Gasteiger partial charge in [-0.25, -0.2) is 8.78 Å². The van der Waals surface area contributed by atoms with Crippen molar-refractivity contribution < 1.29 is 18.3 Å². The number of benzene rings is 3. The molecule has 3 aromatic carbocycles. The van der Waals surface area contributed by atoms with Crippen molar-refractivity contribution in [3.05, 3.63) is 95.1 Å². The van der Waals surface area contributed by atoms with Crippen LogP contribution < -0.4 is 9.64 Å². The third kappa shape index (κ3) is 5.40. The van der Waals surface area contributed by atoms with Crippen LogP contribution in [-0.2, 0) is 6.54 Å². The third-order valence-electron chi connectivity index (χ3n) is 6.20. The molecule has 0 saturated carbocycles. The van der Waals surface area contributed by atoms with E-state index in [0.717, 1.165) is 43.2 Å². The fraction of sp³-hybridized carbons (Fsp3) is 0.296. The van der Waals surface area contributed by atoms with Crippen LogP contribution in [0.25, 0.3) is 0 Å². The van der Waals surface area contributed by atoms with Crippen LogP contribution in [-0.4, -0.2) is 37.0 Å². The first-order valence-electron chi connectivity index (χ1n) is 11.1. The van der Waals surface area contributed by atoms with Gasteiger partial charge in [-0.1, -0.05) is 23.8 Å². The minimum atomic E-state index is -0.569. The molecule has 4 rings (SSSR count). The Kier molecular flexibility index (Phi) is 7.04. The molecule has 0 radical (unpaired) electrons. The van der Waals surface area contributed by atoms with E-state index in [4.69, 9.17) is 4.74 Å². The van der Waals surface area contributed by atoms with E-state index in [9.17, 15) is 13.6 Å². The monoisotopic (exact) mass is 450 g/mol. The van der Waals surface area contributed by atoms with E-state index in [1.807, 2.05) is 36.1 Å². The Morgan fingerprint density at radius 1 is 1.00 bits per heavy atom. The molecule has 1 amide bonds. The Morgan fingerprint density at radius 2 is 1.67 bits per heavy atom. The van der Waals surface area contributed by atoms with Crippen molar-refractivity contribution in [2.75, 3.05) is 25.1 Å². The Bertz CT molecular complexity index is 1090. The minimum Gasteiger partial charge on any atom is -0.497 e. The van der Waals surface area contributed by atoms with Crippen molar-refractivity contribution >= 4 is 11.6 Å². The summed E-state index contributed by atoms with van der Waals surface area (Å²) in [5.41, 5.74) is 3.09. The molecule has 0 N–H and O–H groups in total. The molecule has 3 aromatic rings. The van der Waals surface area contributed by atoms with Gasteiger partial charge < -0.3 is 9.64 Å². The van der Waals surface area contributed by atoms with Gasteiger partial charge in [0.1, 0.15) is 17.4 Å². The topological polar surface area (TPSA) is 32.8 Å². The quantitative estimate of drug-likeness (QED) is 0.491. The van der Waals surface area contributed by atoms with E-state index < -0.39 is 11.6 Å². The van der Waals surface area contributed by atoms with Gasteiger partial charge in [0.25, 0.3) is 5.91 Å². The van der Waals surface area contributed by atoms with E-state index in [1.54, 1.807) is 31.4 Å². The van der Waals surface area contributed by atoms with Crippen molar-refractivity contribution in [2.45, 2.75) is 32.4 Å². The molecule has 1 aliphatic rings. The third-order valence-corrected chi connectivity index (χ3v) is 6.20. The van der Waals surface area contributed by atoms with Crippen LogP contribution in [0.3, 0.4) is 0 Å². The number of ether oxygens (including phenoxy) is 1. The number of piperidine rings is 1. The standard InChI is InChI=1S/C27H28F2N2O2/c1-19-3-9-23(10-4-19)31(27(32)20-6-11-25(33-2)12-7-20)24-13-15-30(16-14-24)18-21-5-8-22(28)17-26(21)29/h3-12,17,24H,13-16,18H2,1-2H3. The van der Waals surface area contributed by atoms with Gasteiger partial charge >= 0.3 is 0 Å². The zero-order chi connectivity index (χ0) is 23.4. The average molecular weight is 451 g/mol. The van der Waals surface area contributed by atoms with E-state index in [0.29, 0.717) is 23.4 Å². The van der Waals surface area contributed by atoms with Gasteiger partial charge in [-0.2, -0.15) is 0 Å². The fourth-order valence-corrected chi connectivity index (χ4v) is 4.30. The molecule has 1 saturated heterocycles. The summed E-state index contributed by atoms with van der Waals surface area (Å²) in [4.78, 5) is 17.6. The van der Waals surface area contributed by atoms with Crippen molar-refractivity contribution in [1.82, 2.24) is 4.90 Å². The number of amides is 1. The highest BCUT2D eigenvalue weighted by Gasteiger charge is 2.30. The lowest BCUT2D eigenvalue weighted by Crippen LogP contribution is -2.47. The molecule has 0 aliphatic carbocycles. The number of nitrogens with zero attached hydrogens (tertiary/aromatic N) is 2. The summed E-state index contributed by atoms with van der Waals surface area (Å²) in [6, 6.07) is 18.9. The van der Waals surface area contributed by atoms with Gasteiger partial charge in [-0.15, -0.1) is 0 Å². The lowest BCUT2D eigenvalue weighted by Gasteiger charge is -2.38. The first kappa shape index (κ1) is 22.9. The van der Waals surface area contributed by atoms with Crippen LogP contribution in [0, 0.1) is 18.6 Å². The Hall–Kier alpha value is -3.25. The van der Waals surface area contributed by atoms with Crippen LogP contribution >= 0.6 is 0 Å². The minimum absolute atomic E-state index is 0.0247. The maximum atomic E-state index is 14.1. The first-order chi connectivity index (χ1) is 15.9. The molecule has 6 heteroatoms. The fourth-order valence-electron chi connectivity index (χ4n) is 4.30. The smallest absolute Gasteiger partial charge is 0.258 e. The number of anilines is 1. The SMILES string of the molecule is COc1ccc(C(=O)N(c2ccc(C)cc2)C2CCN(Cc3ccc(F)cc3F)CC2)cc1. The zero-order valence-electron chi connectivity index (χ0n) is 18.9. The molecule has 4 nitrogen and oxygen atoms in total. The lowest BCUT2D eigenvalue weighted by atomic mass is 9.99. The summed E-state index contributed by atoms with van der Waals surface area (Å²) in [7, 11) is 1.60. The largest absolute Gasteiger partial charge is 0.497 e. The first-order valence-corrected chi connectivity index (χ1v) is 11.1. The number of carbonyl (C=O) groups excluding carboxylic acids is 1. The predicted octanol–water partition coefficient (Wildman–Crippen LogP) is 5.59. The Balaban J connectivity index is 1.51. The molecule has 1 heterocycles. The summed E-state index contributed by atoms with van der Waals surface area (Å²) in [5, 5.41) is 0. The molecular formula is C27H28F2N2O2. The summed E-state index contributed by atoms with van der Waals surface area (Å²) < 4.78 is 32.5. The maximum absolute atomic E-state index is 14.1. The van der Waals surface area contributed by atoms with Gasteiger partial charge in [-0.05, 0) is 62.2 Å².